The number of nitro benzene ring substituents is 1. The van der Waals surface area contributed by atoms with Gasteiger partial charge in [-0.05, 0) is 25.7 Å². The number of aromatic hydroxyl groups is 1. The van der Waals surface area contributed by atoms with E-state index in [4.69, 9.17) is 22.7 Å². The number of nitro groups is 1. The molecule has 0 amide bonds. The van der Waals surface area contributed by atoms with Crippen molar-refractivity contribution in [2.45, 2.75) is 6.04 Å². The lowest BCUT2D eigenvalue weighted by Crippen LogP contribution is -2.31. The van der Waals surface area contributed by atoms with Gasteiger partial charge in [0.25, 0.3) is 0 Å². The first-order valence-electron chi connectivity index (χ1n) is 5.30. The Morgan fingerprint density at radius 2 is 2.16 bits per heavy atom. The molecule has 1 rings (SSSR count). The minimum Gasteiger partial charge on any atom is -0.500 e. The predicted molar refractivity (Wildman–Crippen MR) is 74.5 cm³/mol. The highest BCUT2D eigenvalue weighted by atomic mass is 32.1. The molecule has 0 spiro atoms. The molecule has 0 aromatic heterocycles. The molecule has 0 bridgehead atoms. The molecule has 0 heterocycles. The molecule has 0 radical (unpaired) electrons. The molecule has 1 aromatic carbocycles. The first-order chi connectivity index (χ1) is 8.79. The number of thiocarbonyl (C=S) groups is 1. The van der Waals surface area contributed by atoms with Gasteiger partial charge in [0.05, 0.1) is 23.1 Å². The number of ether oxygens (including phenoxy) is 1. The summed E-state index contributed by atoms with van der Waals surface area (Å²) >= 11 is 4.96. The Kier molecular flexibility index (Phi) is 4.62. The number of benzene rings is 1. The van der Waals surface area contributed by atoms with Crippen molar-refractivity contribution in [3.63, 3.8) is 0 Å². The van der Waals surface area contributed by atoms with Gasteiger partial charge in [0.2, 0.25) is 5.75 Å². The average Bonchev–Trinajstić information content (AvgIpc) is 2.29. The highest BCUT2D eigenvalue weighted by Crippen LogP contribution is 2.39. The van der Waals surface area contributed by atoms with Gasteiger partial charge < -0.3 is 15.6 Å². The summed E-state index contributed by atoms with van der Waals surface area (Å²) in [5.74, 6) is -0.510. The van der Waals surface area contributed by atoms with Crippen molar-refractivity contribution in [2.24, 2.45) is 5.73 Å². The molecule has 0 saturated carbocycles. The number of phenols is 1. The maximum absolute atomic E-state index is 10.9. The van der Waals surface area contributed by atoms with Crippen LogP contribution in [0.4, 0.5) is 5.69 Å². The molecule has 0 fully saturated rings. The van der Waals surface area contributed by atoms with Crippen LogP contribution in [0.1, 0.15) is 11.6 Å². The van der Waals surface area contributed by atoms with Crippen LogP contribution in [0.15, 0.2) is 12.1 Å². The monoisotopic (exact) mass is 285 g/mol. The smallest absolute Gasteiger partial charge is 0.315 e. The highest BCUT2D eigenvalue weighted by Gasteiger charge is 2.25. The van der Waals surface area contributed by atoms with Gasteiger partial charge in [-0.3, -0.25) is 15.0 Å². The first kappa shape index (κ1) is 15.1. The number of methoxy groups -OCH3 is 1. The van der Waals surface area contributed by atoms with Crippen molar-refractivity contribution in [3.8, 4) is 11.5 Å². The SMILES string of the molecule is COc1cc(C(C(N)=S)N(C)C)cc([N+](=O)[O-])c1O. The average molecular weight is 285 g/mol. The molecule has 8 heteroatoms. The van der Waals surface area contributed by atoms with E-state index in [0.29, 0.717) is 5.56 Å². The van der Waals surface area contributed by atoms with Crippen LogP contribution in [0.5, 0.6) is 11.5 Å². The molecule has 0 aliphatic rings. The van der Waals surface area contributed by atoms with E-state index in [1.54, 1.807) is 19.0 Å². The van der Waals surface area contributed by atoms with Crippen LogP contribution in [-0.2, 0) is 0 Å². The molecule has 0 aliphatic carbocycles. The summed E-state index contributed by atoms with van der Waals surface area (Å²) < 4.78 is 4.93. The number of hydrogen-bond donors (Lipinski definition) is 2. The van der Waals surface area contributed by atoms with Crippen LogP contribution in [0, 0.1) is 10.1 Å². The second-order valence-corrected chi connectivity index (χ2v) is 4.59. The molecule has 1 atom stereocenters. The van der Waals surface area contributed by atoms with Crippen molar-refractivity contribution in [2.75, 3.05) is 21.2 Å². The number of nitrogens with zero attached hydrogens (tertiary/aromatic N) is 2. The zero-order valence-electron chi connectivity index (χ0n) is 10.8. The molecule has 0 aliphatic heterocycles. The van der Waals surface area contributed by atoms with Gasteiger partial charge in [0.1, 0.15) is 0 Å². The van der Waals surface area contributed by atoms with Crippen LogP contribution >= 0.6 is 12.2 Å². The van der Waals surface area contributed by atoms with E-state index < -0.39 is 22.4 Å². The minimum atomic E-state index is -0.687. The lowest BCUT2D eigenvalue weighted by molar-refractivity contribution is -0.386. The molecular weight excluding hydrogens is 270 g/mol. The summed E-state index contributed by atoms with van der Waals surface area (Å²) in [7, 11) is 4.80. The number of hydrogen-bond acceptors (Lipinski definition) is 6. The van der Waals surface area contributed by atoms with Gasteiger partial charge in [-0.2, -0.15) is 0 Å². The Bertz CT molecular complexity index is 519. The fourth-order valence-corrected chi connectivity index (χ4v) is 2.13. The second kappa shape index (κ2) is 5.81. The van der Waals surface area contributed by atoms with Crippen molar-refractivity contribution < 1.29 is 14.8 Å². The Morgan fingerprint density at radius 3 is 2.53 bits per heavy atom. The molecule has 0 saturated heterocycles. The van der Waals surface area contributed by atoms with Gasteiger partial charge in [-0.15, -0.1) is 0 Å². The standard InChI is InChI=1S/C11H15N3O4S/c1-13(2)9(11(12)19)6-4-7(14(16)17)10(15)8(5-6)18-3/h4-5,9,15H,1-3H3,(H2,12,19). The number of likely N-dealkylation sites (N-methyl/N-ethyl adjacent to an activating group) is 1. The third kappa shape index (κ3) is 3.09. The lowest BCUT2D eigenvalue weighted by atomic mass is 10.0. The van der Waals surface area contributed by atoms with Gasteiger partial charge in [0.15, 0.2) is 5.75 Å². The van der Waals surface area contributed by atoms with Crippen molar-refractivity contribution in [1.82, 2.24) is 4.90 Å². The summed E-state index contributed by atoms with van der Waals surface area (Å²) in [5, 5.41) is 20.6. The first-order valence-corrected chi connectivity index (χ1v) is 5.71. The molecule has 104 valence electrons. The number of rotatable bonds is 5. The van der Waals surface area contributed by atoms with E-state index in [0.717, 1.165) is 0 Å². The van der Waals surface area contributed by atoms with Gasteiger partial charge in [-0.1, -0.05) is 12.2 Å². The highest BCUT2D eigenvalue weighted by molar-refractivity contribution is 7.80. The molecule has 19 heavy (non-hydrogen) atoms. The Morgan fingerprint density at radius 1 is 1.58 bits per heavy atom. The topological polar surface area (TPSA) is 102 Å². The predicted octanol–water partition coefficient (Wildman–Crippen LogP) is 1.20. The van der Waals surface area contributed by atoms with Gasteiger partial charge in [0, 0.05) is 6.07 Å². The van der Waals surface area contributed by atoms with Gasteiger partial charge in [-0.25, -0.2) is 0 Å². The van der Waals surface area contributed by atoms with Crippen LogP contribution in [0.25, 0.3) is 0 Å². The zero-order chi connectivity index (χ0) is 14.7. The van der Waals surface area contributed by atoms with E-state index in [1.165, 1.54) is 19.2 Å². The minimum absolute atomic E-state index is 0.00676. The molecule has 1 aromatic rings. The normalized spacial score (nSPS) is 12.2. The number of nitrogens with two attached hydrogens (primary N) is 1. The summed E-state index contributed by atoms with van der Waals surface area (Å²) in [6.07, 6.45) is 0. The quantitative estimate of drug-likeness (QED) is 0.476. The van der Waals surface area contributed by atoms with Crippen LogP contribution in [-0.4, -0.2) is 41.1 Å². The third-order valence-corrected chi connectivity index (χ3v) is 2.82. The van der Waals surface area contributed by atoms with Crippen LogP contribution < -0.4 is 10.5 Å². The van der Waals surface area contributed by atoms with E-state index in [-0.39, 0.29) is 10.7 Å². The maximum atomic E-state index is 10.9. The number of phenolic OH excluding ortho intramolecular Hbond substituents is 1. The summed E-state index contributed by atoms with van der Waals surface area (Å²) in [6, 6.07) is 2.23. The van der Waals surface area contributed by atoms with Crippen LogP contribution in [0.3, 0.4) is 0 Å². The zero-order valence-corrected chi connectivity index (χ0v) is 11.6. The molecule has 3 N–H and O–H groups in total. The Labute approximate surface area is 115 Å². The Balaban J connectivity index is 3.47. The van der Waals surface area contributed by atoms with Crippen molar-refractivity contribution in [3.05, 3.63) is 27.8 Å². The molecule has 1 unspecified atom stereocenters. The van der Waals surface area contributed by atoms with E-state index >= 15 is 0 Å². The van der Waals surface area contributed by atoms with E-state index in [2.05, 4.69) is 0 Å². The third-order valence-electron chi connectivity index (χ3n) is 2.60. The summed E-state index contributed by atoms with van der Waals surface area (Å²) in [5.41, 5.74) is 5.68. The summed E-state index contributed by atoms with van der Waals surface area (Å²) in [6.45, 7) is 0. The van der Waals surface area contributed by atoms with Crippen LogP contribution in [0.2, 0.25) is 0 Å². The molecular formula is C11H15N3O4S. The van der Waals surface area contributed by atoms with E-state index in [1.807, 2.05) is 0 Å². The fourth-order valence-electron chi connectivity index (χ4n) is 1.78. The molecule has 7 nitrogen and oxygen atoms in total. The lowest BCUT2D eigenvalue weighted by Gasteiger charge is -2.23. The Hall–Kier alpha value is -1.93. The van der Waals surface area contributed by atoms with Gasteiger partial charge >= 0.3 is 5.69 Å². The van der Waals surface area contributed by atoms with Crippen molar-refractivity contribution in [1.29, 1.82) is 0 Å². The maximum Gasteiger partial charge on any atom is 0.315 e. The second-order valence-electron chi connectivity index (χ2n) is 4.12. The fraction of sp³-hybridized carbons (Fsp3) is 0.364. The van der Waals surface area contributed by atoms with Crippen molar-refractivity contribution >= 4 is 22.9 Å². The summed E-state index contributed by atoms with van der Waals surface area (Å²) in [4.78, 5) is 12.1. The van der Waals surface area contributed by atoms with E-state index in [9.17, 15) is 15.2 Å². The largest absolute Gasteiger partial charge is 0.500 e.